The van der Waals surface area contributed by atoms with E-state index in [0.29, 0.717) is 19.1 Å². The van der Waals surface area contributed by atoms with Gasteiger partial charge < -0.3 is 10.0 Å². The summed E-state index contributed by atoms with van der Waals surface area (Å²) in [6.07, 6.45) is -0.330. The van der Waals surface area contributed by atoms with E-state index in [1.54, 1.807) is 27.8 Å². The van der Waals surface area contributed by atoms with Crippen molar-refractivity contribution in [2.75, 3.05) is 39.8 Å². The van der Waals surface area contributed by atoms with Crippen LogP contribution in [0.5, 0.6) is 0 Å². The molecular weight excluding hydrogens is 268 g/mol. The first-order valence-electron chi connectivity index (χ1n) is 7.49. The van der Waals surface area contributed by atoms with Crippen molar-refractivity contribution >= 4 is 5.91 Å². The number of amides is 1. The smallest absolute Gasteiger partial charge is 0.237 e. The molecule has 0 saturated carbocycles. The van der Waals surface area contributed by atoms with E-state index < -0.39 is 5.54 Å². The van der Waals surface area contributed by atoms with Crippen molar-refractivity contribution in [3.05, 3.63) is 0 Å². The lowest BCUT2D eigenvalue weighted by atomic mass is 10.1. The van der Waals surface area contributed by atoms with Gasteiger partial charge in [0, 0.05) is 39.3 Å². The summed E-state index contributed by atoms with van der Waals surface area (Å²) in [5.41, 5.74) is -0.781. The standard InChI is InChI=1S/C15H28N4O2/c1-12-8-18(6-7-19(12)9-13(2)20)10-14(21)17(5)15(3,4)11-16/h12-13,20H,6-10H2,1-5H3/t12-,13-/m0/s1. The number of piperazine rings is 1. The van der Waals surface area contributed by atoms with Gasteiger partial charge in [0.1, 0.15) is 5.54 Å². The number of carbonyl (C=O) groups is 1. The van der Waals surface area contributed by atoms with Crippen LogP contribution in [0.3, 0.4) is 0 Å². The van der Waals surface area contributed by atoms with Gasteiger partial charge in [0.25, 0.3) is 0 Å². The van der Waals surface area contributed by atoms with E-state index >= 15 is 0 Å². The normalized spacial score (nSPS) is 22.6. The number of nitriles is 1. The molecule has 0 bridgehead atoms. The molecule has 0 radical (unpaired) electrons. The molecule has 1 heterocycles. The van der Waals surface area contributed by atoms with E-state index in [1.165, 1.54) is 4.90 Å². The highest BCUT2D eigenvalue weighted by atomic mass is 16.3. The summed E-state index contributed by atoms with van der Waals surface area (Å²) in [5.74, 6) is -0.0299. The lowest BCUT2D eigenvalue weighted by molar-refractivity contribution is -0.135. The Morgan fingerprint density at radius 1 is 1.52 bits per heavy atom. The van der Waals surface area contributed by atoms with Crippen LogP contribution in [0.1, 0.15) is 27.7 Å². The minimum Gasteiger partial charge on any atom is -0.392 e. The second-order valence-electron chi connectivity index (χ2n) is 6.55. The van der Waals surface area contributed by atoms with Crippen molar-refractivity contribution in [3.63, 3.8) is 0 Å². The Balaban J connectivity index is 2.52. The molecule has 1 saturated heterocycles. The van der Waals surface area contributed by atoms with Crippen LogP contribution < -0.4 is 0 Å². The number of β-amino-alcohol motifs (C(OH)–C–C–N with tert-alkyl or cyclic N) is 1. The molecule has 0 unspecified atom stereocenters. The molecule has 120 valence electrons. The van der Waals surface area contributed by atoms with Crippen LogP contribution in [0.15, 0.2) is 0 Å². The van der Waals surface area contributed by atoms with Crippen LogP contribution in [0, 0.1) is 11.3 Å². The molecule has 0 aromatic carbocycles. The summed E-state index contributed by atoms with van der Waals surface area (Å²) in [6.45, 7) is 10.9. The molecule has 6 heteroatoms. The number of hydrogen-bond acceptors (Lipinski definition) is 5. The van der Waals surface area contributed by atoms with E-state index in [9.17, 15) is 9.90 Å². The molecule has 0 spiro atoms. The molecule has 1 fully saturated rings. The number of nitrogens with zero attached hydrogens (tertiary/aromatic N) is 4. The number of likely N-dealkylation sites (N-methyl/N-ethyl adjacent to an activating group) is 1. The van der Waals surface area contributed by atoms with Crippen molar-refractivity contribution in [2.45, 2.75) is 45.4 Å². The Hall–Kier alpha value is -1.16. The molecular formula is C15H28N4O2. The summed E-state index contributed by atoms with van der Waals surface area (Å²) in [5, 5.41) is 18.6. The van der Waals surface area contributed by atoms with Crippen LogP contribution in [0.2, 0.25) is 0 Å². The Kier molecular flexibility index (Phi) is 6.14. The summed E-state index contributed by atoms with van der Waals surface area (Å²) in [7, 11) is 1.68. The van der Waals surface area contributed by atoms with Crippen molar-refractivity contribution < 1.29 is 9.90 Å². The molecule has 1 rings (SSSR count). The largest absolute Gasteiger partial charge is 0.392 e. The third-order valence-electron chi connectivity index (χ3n) is 4.19. The zero-order chi connectivity index (χ0) is 16.2. The predicted octanol–water partition coefficient (Wildman–Crippen LogP) is 0.134. The Morgan fingerprint density at radius 2 is 2.14 bits per heavy atom. The van der Waals surface area contributed by atoms with Gasteiger partial charge in [0.15, 0.2) is 0 Å². The molecule has 2 atom stereocenters. The maximum Gasteiger partial charge on any atom is 0.237 e. The lowest BCUT2D eigenvalue weighted by Crippen LogP contribution is -2.56. The van der Waals surface area contributed by atoms with Gasteiger partial charge in [-0.05, 0) is 27.7 Å². The second kappa shape index (κ2) is 7.21. The minimum absolute atomic E-state index is 0.0299. The van der Waals surface area contributed by atoms with Gasteiger partial charge in [-0.15, -0.1) is 0 Å². The second-order valence-corrected chi connectivity index (χ2v) is 6.55. The highest BCUT2D eigenvalue weighted by Crippen LogP contribution is 2.13. The third kappa shape index (κ3) is 4.95. The van der Waals surface area contributed by atoms with E-state index in [0.717, 1.165) is 19.6 Å². The van der Waals surface area contributed by atoms with Crippen molar-refractivity contribution in [1.29, 1.82) is 5.26 Å². The molecule has 6 nitrogen and oxygen atoms in total. The fourth-order valence-electron chi connectivity index (χ4n) is 2.51. The van der Waals surface area contributed by atoms with Crippen LogP contribution >= 0.6 is 0 Å². The summed E-state index contributed by atoms with van der Waals surface area (Å²) in [4.78, 5) is 18.1. The van der Waals surface area contributed by atoms with Crippen LogP contribution in [-0.2, 0) is 4.79 Å². The highest BCUT2D eigenvalue weighted by Gasteiger charge is 2.30. The SMILES string of the molecule is C[C@H](O)CN1CCN(CC(=O)N(C)C(C)(C)C#N)C[C@@H]1C. The first-order valence-corrected chi connectivity index (χ1v) is 7.49. The van der Waals surface area contributed by atoms with Gasteiger partial charge in [-0.2, -0.15) is 5.26 Å². The van der Waals surface area contributed by atoms with Crippen molar-refractivity contribution in [3.8, 4) is 6.07 Å². The Labute approximate surface area is 127 Å². The molecule has 0 aliphatic carbocycles. The fourth-order valence-corrected chi connectivity index (χ4v) is 2.51. The van der Waals surface area contributed by atoms with Gasteiger partial charge in [-0.25, -0.2) is 0 Å². The number of carbonyl (C=O) groups excluding carboxylic acids is 1. The molecule has 0 aromatic rings. The monoisotopic (exact) mass is 296 g/mol. The van der Waals surface area contributed by atoms with Gasteiger partial charge in [0.05, 0.1) is 18.7 Å². The van der Waals surface area contributed by atoms with Gasteiger partial charge in [-0.3, -0.25) is 14.6 Å². The third-order valence-corrected chi connectivity index (χ3v) is 4.19. The van der Waals surface area contributed by atoms with Gasteiger partial charge in [-0.1, -0.05) is 0 Å². The molecule has 1 aliphatic heterocycles. The van der Waals surface area contributed by atoms with Crippen LogP contribution in [0.25, 0.3) is 0 Å². The number of hydrogen-bond donors (Lipinski definition) is 1. The predicted molar refractivity (Wildman–Crippen MR) is 81.6 cm³/mol. The quantitative estimate of drug-likeness (QED) is 0.781. The summed E-state index contributed by atoms with van der Waals surface area (Å²) >= 11 is 0. The first kappa shape index (κ1) is 17.9. The Morgan fingerprint density at radius 3 is 2.62 bits per heavy atom. The minimum atomic E-state index is -0.781. The molecule has 21 heavy (non-hydrogen) atoms. The number of aliphatic hydroxyl groups is 1. The first-order chi connectivity index (χ1) is 9.67. The van der Waals surface area contributed by atoms with E-state index in [2.05, 4.69) is 22.8 Å². The zero-order valence-electron chi connectivity index (χ0n) is 13.8. The highest BCUT2D eigenvalue weighted by molar-refractivity contribution is 5.79. The summed E-state index contributed by atoms with van der Waals surface area (Å²) in [6, 6.07) is 2.46. The molecule has 1 amide bonds. The topological polar surface area (TPSA) is 70.8 Å². The van der Waals surface area contributed by atoms with Gasteiger partial charge in [0.2, 0.25) is 5.91 Å². The van der Waals surface area contributed by atoms with E-state index in [-0.39, 0.29) is 12.0 Å². The average Bonchev–Trinajstić information content (AvgIpc) is 2.40. The maximum atomic E-state index is 12.3. The van der Waals surface area contributed by atoms with Gasteiger partial charge >= 0.3 is 0 Å². The lowest BCUT2D eigenvalue weighted by Gasteiger charge is -2.41. The Bertz CT molecular complexity index is 403. The van der Waals surface area contributed by atoms with E-state index in [1.807, 2.05) is 0 Å². The van der Waals surface area contributed by atoms with Crippen molar-refractivity contribution in [1.82, 2.24) is 14.7 Å². The van der Waals surface area contributed by atoms with E-state index in [4.69, 9.17) is 5.26 Å². The zero-order valence-corrected chi connectivity index (χ0v) is 13.8. The van der Waals surface area contributed by atoms with Crippen LogP contribution in [0.4, 0.5) is 0 Å². The fraction of sp³-hybridized carbons (Fsp3) is 0.867. The van der Waals surface area contributed by atoms with Crippen LogP contribution in [-0.4, -0.2) is 83.2 Å². The number of rotatable bonds is 5. The number of aliphatic hydroxyl groups excluding tert-OH is 1. The average molecular weight is 296 g/mol. The summed E-state index contributed by atoms with van der Waals surface area (Å²) < 4.78 is 0. The molecule has 1 N–H and O–H groups in total. The maximum absolute atomic E-state index is 12.3. The van der Waals surface area contributed by atoms with Crippen molar-refractivity contribution in [2.24, 2.45) is 0 Å². The molecule has 0 aromatic heterocycles. The molecule has 1 aliphatic rings.